The van der Waals surface area contributed by atoms with E-state index in [-0.39, 0.29) is 5.97 Å². The number of hydrogen-bond acceptors (Lipinski definition) is 2. The van der Waals surface area contributed by atoms with E-state index in [9.17, 15) is 4.79 Å². The molecule has 0 fully saturated rings. The summed E-state index contributed by atoms with van der Waals surface area (Å²) in [5.41, 5.74) is 3.34. The Morgan fingerprint density at radius 1 is 1.25 bits per heavy atom. The second-order valence-corrected chi connectivity index (χ2v) is 4.95. The number of rotatable bonds is 2. The van der Waals surface area contributed by atoms with E-state index in [0.717, 1.165) is 12.0 Å². The van der Waals surface area contributed by atoms with Gasteiger partial charge in [-0.1, -0.05) is 18.2 Å². The summed E-state index contributed by atoms with van der Waals surface area (Å²) in [6.45, 7) is 3.82. The zero-order valence-electron chi connectivity index (χ0n) is 10.2. The first-order valence-electron chi connectivity index (χ1n) is 5.76. The summed E-state index contributed by atoms with van der Waals surface area (Å²) >= 11 is 0. The van der Waals surface area contributed by atoms with Gasteiger partial charge in [0.2, 0.25) is 0 Å². The van der Waals surface area contributed by atoms with E-state index in [0.29, 0.717) is 0 Å². The maximum Gasteiger partial charge on any atom is 0.315 e. The molecule has 0 spiro atoms. The van der Waals surface area contributed by atoms with Crippen molar-refractivity contribution in [2.75, 3.05) is 7.11 Å². The quantitative estimate of drug-likeness (QED) is 0.713. The third-order valence-electron chi connectivity index (χ3n) is 3.52. The summed E-state index contributed by atoms with van der Waals surface area (Å²) in [6, 6.07) is 6.38. The smallest absolute Gasteiger partial charge is 0.315 e. The van der Waals surface area contributed by atoms with Crippen molar-refractivity contribution in [3.8, 4) is 0 Å². The number of fused-ring (bicyclic) bond motifs is 1. The third-order valence-corrected chi connectivity index (χ3v) is 3.52. The molecule has 0 saturated heterocycles. The number of methoxy groups -OCH3 is 1. The van der Waals surface area contributed by atoms with Crippen molar-refractivity contribution in [3.05, 3.63) is 34.9 Å². The lowest BCUT2D eigenvalue weighted by Crippen LogP contribution is -2.30. The molecule has 0 aliphatic heterocycles. The van der Waals surface area contributed by atoms with Crippen LogP contribution in [0, 0.1) is 0 Å². The molecule has 0 aromatic heterocycles. The highest BCUT2D eigenvalue weighted by Gasteiger charge is 2.31. The van der Waals surface area contributed by atoms with Crippen LogP contribution in [0.25, 0.3) is 0 Å². The van der Waals surface area contributed by atoms with Crippen LogP contribution in [-0.2, 0) is 27.8 Å². The van der Waals surface area contributed by atoms with E-state index in [1.165, 1.54) is 31.1 Å². The number of hydrogen-bond donors (Lipinski definition) is 0. The highest BCUT2D eigenvalue weighted by molar-refractivity contribution is 5.82. The van der Waals surface area contributed by atoms with Crippen molar-refractivity contribution in [1.29, 1.82) is 0 Å². The van der Waals surface area contributed by atoms with Crippen molar-refractivity contribution in [2.45, 2.75) is 38.5 Å². The van der Waals surface area contributed by atoms with E-state index in [4.69, 9.17) is 4.74 Å². The van der Waals surface area contributed by atoms with Gasteiger partial charge in [0, 0.05) is 0 Å². The average Bonchev–Trinajstić information content (AvgIpc) is 2.74. The fourth-order valence-electron chi connectivity index (χ4n) is 2.33. The van der Waals surface area contributed by atoms with Crippen molar-refractivity contribution in [2.24, 2.45) is 0 Å². The predicted octanol–water partition coefficient (Wildman–Crippen LogP) is 2.63. The van der Waals surface area contributed by atoms with E-state index in [1.807, 2.05) is 13.8 Å². The normalized spacial score (nSPS) is 14.7. The first-order chi connectivity index (χ1) is 7.55. The summed E-state index contributed by atoms with van der Waals surface area (Å²) in [7, 11) is 1.44. The molecule has 0 radical (unpaired) electrons. The van der Waals surface area contributed by atoms with Gasteiger partial charge in [0.15, 0.2) is 0 Å². The van der Waals surface area contributed by atoms with E-state index in [2.05, 4.69) is 18.2 Å². The second-order valence-electron chi connectivity index (χ2n) is 4.95. The molecule has 1 aliphatic carbocycles. The maximum absolute atomic E-state index is 11.7. The van der Waals surface area contributed by atoms with Crippen molar-refractivity contribution in [3.63, 3.8) is 0 Å². The van der Waals surface area contributed by atoms with Gasteiger partial charge in [-0.15, -0.1) is 0 Å². The molecular weight excluding hydrogens is 200 g/mol. The summed E-state index contributed by atoms with van der Waals surface area (Å²) in [5, 5.41) is 0. The van der Waals surface area contributed by atoms with Crippen LogP contribution >= 0.6 is 0 Å². The standard InChI is InChI=1S/C14H18O2/c1-14(2,13(15)16-3)12-8-7-10-5-4-6-11(10)9-12/h7-9H,4-6H2,1-3H3. The van der Waals surface area contributed by atoms with Gasteiger partial charge in [-0.05, 0) is 49.8 Å². The van der Waals surface area contributed by atoms with Crippen molar-refractivity contribution in [1.82, 2.24) is 0 Å². The number of ether oxygens (including phenoxy) is 1. The monoisotopic (exact) mass is 218 g/mol. The van der Waals surface area contributed by atoms with Crippen molar-refractivity contribution < 1.29 is 9.53 Å². The molecule has 1 aromatic rings. The molecule has 1 aromatic carbocycles. The van der Waals surface area contributed by atoms with Crippen LogP contribution in [0.3, 0.4) is 0 Å². The Morgan fingerprint density at radius 3 is 2.62 bits per heavy atom. The molecule has 86 valence electrons. The average molecular weight is 218 g/mol. The van der Waals surface area contributed by atoms with Gasteiger partial charge in [-0.25, -0.2) is 0 Å². The molecule has 2 rings (SSSR count). The van der Waals surface area contributed by atoms with Gasteiger partial charge < -0.3 is 4.74 Å². The Kier molecular flexibility index (Phi) is 2.75. The Bertz CT molecular complexity index is 419. The zero-order valence-corrected chi connectivity index (χ0v) is 10.2. The minimum absolute atomic E-state index is 0.176. The molecule has 2 nitrogen and oxygen atoms in total. The van der Waals surface area contributed by atoms with Gasteiger partial charge in [-0.2, -0.15) is 0 Å². The first kappa shape index (κ1) is 11.2. The van der Waals surface area contributed by atoms with Crippen LogP contribution < -0.4 is 0 Å². The molecule has 0 N–H and O–H groups in total. The van der Waals surface area contributed by atoms with Crippen molar-refractivity contribution >= 4 is 5.97 Å². The topological polar surface area (TPSA) is 26.3 Å². The Labute approximate surface area is 96.6 Å². The summed E-state index contributed by atoms with van der Waals surface area (Å²) in [5.74, 6) is -0.176. The summed E-state index contributed by atoms with van der Waals surface area (Å²) in [6.07, 6.45) is 3.55. The molecule has 0 atom stereocenters. The van der Waals surface area contributed by atoms with Crippen LogP contribution in [0.15, 0.2) is 18.2 Å². The highest BCUT2D eigenvalue weighted by atomic mass is 16.5. The molecule has 0 amide bonds. The number of benzene rings is 1. The Balaban J connectivity index is 2.37. The van der Waals surface area contributed by atoms with Crippen LogP contribution in [0.4, 0.5) is 0 Å². The van der Waals surface area contributed by atoms with Gasteiger partial charge >= 0.3 is 5.97 Å². The number of carbonyl (C=O) groups excluding carboxylic acids is 1. The SMILES string of the molecule is COC(=O)C(C)(C)c1ccc2c(c1)CCC2. The number of esters is 1. The van der Waals surface area contributed by atoms with Gasteiger partial charge in [0.05, 0.1) is 12.5 Å². The van der Waals surface area contributed by atoms with E-state index in [1.54, 1.807) is 0 Å². The fourth-order valence-corrected chi connectivity index (χ4v) is 2.33. The second kappa shape index (κ2) is 3.93. The van der Waals surface area contributed by atoms with E-state index >= 15 is 0 Å². The minimum atomic E-state index is -0.549. The van der Waals surface area contributed by atoms with Crippen LogP contribution in [0.1, 0.15) is 37.0 Å². The molecule has 2 heteroatoms. The Morgan fingerprint density at radius 2 is 1.94 bits per heavy atom. The highest BCUT2D eigenvalue weighted by Crippen LogP contribution is 2.30. The van der Waals surface area contributed by atoms with Crippen LogP contribution in [0.5, 0.6) is 0 Å². The van der Waals surface area contributed by atoms with Gasteiger partial charge in [0.1, 0.15) is 0 Å². The molecular formula is C14H18O2. The lowest BCUT2D eigenvalue weighted by atomic mass is 9.83. The predicted molar refractivity (Wildman–Crippen MR) is 63.5 cm³/mol. The lowest BCUT2D eigenvalue weighted by Gasteiger charge is -2.22. The first-order valence-corrected chi connectivity index (χ1v) is 5.76. The summed E-state index contributed by atoms with van der Waals surface area (Å²) in [4.78, 5) is 11.7. The number of aryl methyl sites for hydroxylation is 2. The number of carbonyl (C=O) groups is 1. The maximum atomic E-state index is 11.7. The largest absolute Gasteiger partial charge is 0.468 e. The summed E-state index contributed by atoms with van der Waals surface area (Å²) < 4.78 is 4.85. The molecule has 0 heterocycles. The fraction of sp³-hybridized carbons (Fsp3) is 0.500. The van der Waals surface area contributed by atoms with Crippen LogP contribution in [0.2, 0.25) is 0 Å². The Hall–Kier alpha value is -1.31. The lowest BCUT2D eigenvalue weighted by molar-refractivity contribution is -0.146. The van der Waals surface area contributed by atoms with Crippen LogP contribution in [-0.4, -0.2) is 13.1 Å². The van der Waals surface area contributed by atoms with Gasteiger partial charge in [-0.3, -0.25) is 4.79 Å². The zero-order chi connectivity index (χ0) is 11.8. The third kappa shape index (κ3) is 1.73. The molecule has 16 heavy (non-hydrogen) atoms. The molecule has 0 saturated carbocycles. The molecule has 0 bridgehead atoms. The van der Waals surface area contributed by atoms with Gasteiger partial charge in [0.25, 0.3) is 0 Å². The van der Waals surface area contributed by atoms with E-state index < -0.39 is 5.41 Å². The molecule has 1 aliphatic rings. The molecule has 0 unspecified atom stereocenters. The minimum Gasteiger partial charge on any atom is -0.468 e.